The number of nitrogens with zero attached hydrogens (tertiary/aromatic N) is 2. The second kappa shape index (κ2) is 8.15. The molecule has 0 spiro atoms. The molecule has 1 amide bonds. The highest BCUT2D eigenvalue weighted by atomic mass is 32.2. The number of carbonyl (C=O) groups is 1. The zero-order valence-electron chi connectivity index (χ0n) is 14.3. The Hall–Kier alpha value is -2.08. The van der Waals surface area contributed by atoms with Gasteiger partial charge >= 0.3 is 0 Å². The summed E-state index contributed by atoms with van der Waals surface area (Å²) in [5, 5.41) is 3.60. The molecule has 128 valence electrons. The minimum atomic E-state index is -0.353. The fourth-order valence-corrected chi connectivity index (χ4v) is 3.34. The van der Waals surface area contributed by atoms with Gasteiger partial charge in [0.1, 0.15) is 0 Å². The number of fused-ring (bicyclic) bond motifs is 1. The van der Waals surface area contributed by atoms with Gasteiger partial charge in [-0.3, -0.25) is 14.2 Å². The summed E-state index contributed by atoms with van der Waals surface area (Å²) in [5.74, 6) is -0.0991. The Bertz CT molecular complexity index is 800. The quantitative estimate of drug-likeness (QED) is 0.476. The summed E-state index contributed by atoms with van der Waals surface area (Å²) in [6.45, 7) is 9.84. The van der Waals surface area contributed by atoms with Crippen molar-refractivity contribution in [3.8, 4) is 0 Å². The van der Waals surface area contributed by atoms with Crippen LogP contribution in [0.4, 0.5) is 0 Å². The Labute approximate surface area is 146 Å². The van der Waals surface area contributed by atoms with Crippen LogP contribution in [0.2, 0.25) is 0 Å². The molecule has 1 aromatic heterocycles. The van der Waals surface area contributed by atoms with Crippen molar-refractivity contribution in [3.05, 3.63) is 47.3 Å². The minimum Gasteiger partial charge on any atom is -0.352 e. The minimum absolute atomic E-state index is 0.0144. The lowest BCUT2D eigenvalue weighted by Crippen LogP contribution is -2.32. The third-order valence-corrected chi connectivity index (χ3v) is 4.95. The zero-order chi connectivity index (χ0) is 17.7. The van der Waals surface area contributed by atoms with Gasteiger partial charge in [0.25, 0.3) is 5.56 Å². The van der Waals surface area contributed by atoms with Crippen molar-refractivity contribution in [3.63, 3.8) is 0 Å². The lowest BCUT2D eigenvalue weighted by Gasteiger charge is -2.20. The largest absolute Gasteiger partial charge is 0.352 e. The van der Waals surface area contributed by atoms with E-state index in [2.05, 4.69) is 16.9 Å². The maximum atomic E-state index is 12.9. The summed E-state index contributed by atoms with van der Waals surface area (Å²) < 4.78 is 1.70. The smallest absolute Gasteiger partial charge is 0.262 e. The lowest BCUT2D eigenvalue weighted by molar-refractivity contribution is -0.120. The van der Waals surface area contributed by atoms with Crippen LogP contribution in [-0.2, 0) is 4.79 Å². The number of thioether (sulfide) groups is 1. The molecular formula is C18H23N3O2S. The van der Waals surface area contributed by atoms with Crippen molar-refractivity contribution in [1.29, 1.82) is 0 Å². The van der Waals surface area contributed by atoms with Crippen molar-refractivity contribution >= 4 is 28.6 Å². The summed E-state index contributed by atoms with van der Waals surface area (Å²) >= 11 is 1.31. The SMILES string of the molecule is C=CCNC(=O)[C@H](C)Sc1nc2ccccc2c(=O)n1[C@H](C)CC. The number of nitrogens with one attached hydrogen (secondary N) is 1. The summed E-state index contributed by atoms with van der Waals surface area (Å²) in [4.78, 5) is 29.6. The van der Waals surface area contributed by atoms with Gasteiger partial charge in [-0.25, -0.2) is 4.98 Å². The molecule has 0 fully saturated rings. The number of amides is 1. The van der Waals surface area contributed by atoms with E-state index in [1.807, 2.05) is 39.0 Å². The highest BCUT2D eigenvalue weighted by Gasteiger charge is 2.20. The zero-order valence-corrected chi connectivity index (χ0v) is 15.1. The van der Waals surface area contributed by atoms with Gasteiger partial charge in [-0.1, -0.05) is 36.9 Å². The predicted octanol–water partition coefficient (Wildman–Crippen LogP) is 3.15. The van der Waals surface area contributed by atoms with Crippen LogP contribution in [0.5, 0.6) is 0 Å². The van der Waals surface area contributed by atoms with Crippen molar-refractivity contribution in [1.82, 2.24) is 14.9 Å². The van der Waals surface area contributed by atoms with Gasteiger partial charge in [0, 0.05) is 12.6 Å². The van der Waals surface area contributed by atoms with E-state index in [0.717, 1.165) is 6.42 Å². The van der Waals surface area contributed by atoms with E-state index in [1.54, 1.807) is 16.7 Å². The van der Waals surface area contributed by atoms with Crippen LogP contribution in [0.15, 0.2) is 46.9 Å². The molecule has 2 aromatic rings. The second-order valence-electron chi connectivity index (χ2n) is 5.64. The highest BCUT2D eigenvalue weighted by molar-refractivity contribution is 8.00. The first-order valence-corrected chi connectivity index (χ1v) is 8.94. The number of carbonyl (C=O) groups excluding carboxylic acids is 1. The molecule has 0 radical (unpaired) electrons. The van der Waals surface area contributed by atoms with Gasteiger partial charge in [-0.15, -0.1) is 6.58 Å². The molecule has 0 bridgehead atoms. The first-order chi connectivity index (χ1) is 11.5. The Morgan fingerprint density at radius 3 is 2.79 bits per heavy atom. The van der Waals surface area contributed by atoms with Crippen molar-refractivity contribution in [2.45, 2.75) is 43.6 Å². The number of benzene rings is 1. The standard InChI is InChI=1S/C18H23N3O2S/c1-5-11-19-16(22)13(4)24-18-20-15-10-8-7-9-14(15)17(23)21(18)12(3)6-2/h5,7-10,12-13H,1,6,11H2,2-4H3,(H,19,22)/t12-,13+/m1/s1. The Morgan fingerprint density at radius 2 is 2.12 bits per heavy atom. The van der Waals surface area contributed by atoms with E-state index in [1.165, 1.54) is 11.8 Å². The van der Waals surface area contributed by atoms with E-state index in [4.69, 9.17) is 0 Å². The lowest BCUT2D eigenvalue weighted by atomic mass is 10.2. The summed E-state index contributed by atoms with van der Waals surface area (Å²) in [6, 6.07) is 7.32. The molecule has 2 atom stereocenters. The molecule has 0 saturated heterocycles. The molecule has 1 aromatic carbocycles. The number of para-hydroxylation sites is 1. The van der Waals surface area contributed by atoms with Crippen LogP contribution >= 0.6 is 11.8 Å². The molecule has 0 aliphatic rings. The number of rotatable bonds is 7. The van der Waals surface area contributed by atoms with Crippen LogP contribution < -0.4 is 10.9 Å². The molecule has 0 saturated carbocycles. The van der Waals surface area contributed by atoms with Crippen LogP contribution in [0.1, 0.15) is 33.2 Å². The Kier molecular flexibility index (Phi) is 6.20. The molecule has 1 heterocycles. The first kappa shape index (κ1) is 18.3. The predicted molar refractivity (Wildman–Crippen MR) is 99.5 cm³/mol. The van der Waals surface area contributed by atoms with Crippen molar-refractivity contribution < 1.29 is 4.79 Å². The maximum absolute atomic E-state index is 12.9. The normalized spacial score (nSPS) is 13.5. The van der Waals surface area contributed by atoms with Gasteiger partial charge in [0.15, 0.2) is 5.16 Å². The Balaban J connectivity index is 2.46. The van der Waals surface area contributed by atoms with Crippen LogP contribution in [-0.4, -0.2) is 27.3 Å². The molecular weight excluding hydrogens is 322 g/mol. The fourth-order valence-electron chi connectivity index (χ4n) is 2.31. The average Bonchev–Trinajstić information content (AvgIpc) is 2.59. The molecule has 2 rings (SSSR count). The molecule has 24 heavy (non-hydrogen) atoms. The third-order valence-electron chi connectivity index (χ3n) is 3.88. The van der Waals surface area contributed by atoms with Gasteiger partial charge in [0.05, 0.1) is 16.2 Å². The second-order valence-corrected chi connectivity index (χ2v) is 6.95. The van der Waals surface area contributed by atoms with Crippen molar-refractivity contribution in [2.75, 3.05) is 6.54 Å². The van der Waals surface area contributed by atoms with E-state index < -0.39 is 0 Å². The monoisotopic (exact) mass is 345 g/mol. The van der Waals surface area contributed by atoms with Crippen molar-refractivity contribution in [2.24, 2.45) is 0 Å². The molecule has 0 aliphatic carbocycles. The van der Waals surface area contributed by atoms with Gasteiger partial charge in [-0.2, -0.15) is 0 Å². The molecule has 6 heteroatoms. The first-order valence-electron chi connectivity index (χ1n) is 8.06. The van der Waals surface area contributed by atoms with Gasteiger partial charge < -0.3 is 5.32 Å². The molecule has 0 aliphatic heterocycles. The molecule has 1 N–H and O–H groups in total. The number of hydrogen-bond acceptors (Lipinski definition) is 4. The topological polar surface area (TPSA) is 64.0 Å². The Morgan fingerprint density at radius 1 is 1.42 bits per heavy atom. The van der Waals surface area contributed by atoms with Gasteiger partial charge in [-0.05, 0) is 32.4 Å². The van der Waals surface area contributed by atoms with E-state index in [-0.39, 0.29) is 22.8 Å². The molecule has 0 unspecified atom stereocenters. The summed E-state index contributed by atoms with van der Waals surface area (Å²) in [5.41, 5.74) is 0.597. The number of hydrogen-bond donors (Lipinski definition) is 1. The van der Waals surface area contributed by atoms with E-state index >= 15 is 0 Å². The maximum Gasteiger partial charge on any atom is 0.262 e. The number of aromatic nitrogens is 2. The fraction of sp³-hybridized carbons (Fsp3) is 0.389. The third kappa shape index (κ3) is 3.87. The highest BCUT2D eigenvalue weighted by Crippen LogP contribution is 2.25. The average molecular weight is 345 g/mol. The summed E-state index contributed by atoms with van der Waals surface area (Å²) in [6.07, 6.45) is 2.45. The van der Waals surface area contributed by atoms with E-state index in [0.29, 0.717) is 22.6 Å². The molecule has 5 nitrogen and oxygen atoms in total. The van der Waals surface area contributed by atoms with Gasteiger partial charge in [0.2, 0.25) is 5.91 Å². The van der Waals surface area contributed by atoms with Crippen LogP contribution in [0.25, 0.3) is 10.9 Å². The van der Waals surface area contributed by atoms with Crippen LogP contribution in [0, 0.1) is 0 Å². The van der Waals surface area contributed by atoms with E-state index in [9.17, 15) is 9.59 Å². The summed E-state index contributed by atoms with van der Waals surface area (Å²) in [7, 11) is 0. The van der Waals surface area contributed by atoms with Crippen LogP contribution in [0.3, 0.4) is 0 Å².